The molecule has 0 atom stereocenters. The molecule has 0 amide bonds. The Morgan fingerprint density at radius 1 is 1.30 bits per heavy atom. The van der Waals surface area contributed by atoms with Gasteiger partial charge in [0.1, 0.15) is 0 Å². The molecular formula is C16H22BrN3. The van der Waals surface area contributed by atoms with E-state index < -0.39 is 0 Å². The van der Waals surface area contributed by atoms with E-state index in [1.807, 2.05) is 10.9 Å². The Balaban J connectivity index is 2.20. The summed E-state index contributed by atoms with van der Waals surface area (Å²) in [6, 6.07) is 6.28. The minimum atomic E-state index is 0.666. The molecule has 0 spiro atoms. The largest absolute Gasteiger partial charge is 0.312 e. The van der Waals surface area contributed by atoms with E-state index in [-0.39, 0.29) is 0 Å². The second-order valence-electron chi connectivity index (χ2n) is 5.62. The van der Waals surface area contributed by atoms with Crippen LogP contribution in [-0.2, 0) is 6.54 Å². The van der Waals surface area contributed by atoms with Crippen LogP contribution in [0.2, 0.25) is 0 Å². The number of nitrogens with zero attached hydrogens (tertiary/aromatic N) is 2. The van der Waals surface area contributed by atoms with E-state index in [0.717, 1.165) is 23.2 Å². The number of nitrogens with one attached hydrogen (secondary N) is 1. The molecule has 0 saturated heterocycles. The van der Waals surface area contributed by atoms with Gasteiger partial charge in [-0.3, -0.25) is 0 Å². The summed E-state index contributed by atoms with van der Waals surface area (Å²) in [5.41, 5.74) is 4.81. The van der Waals surface area contributed by atoms with Crippen molar-refractivity contribution in [3.63, 3.8) is 0 Å². The lowest BCUT2D eigenvalue weighted by Crippen LogP contribution is -2.19. The van der Waals surface area contributed by atoms with Gasteiger partial charge in [-0.05, 0) is 50.1 Å². The van der Waals surface area contributed by atoms with E-state index >= 15 is 0 Å². The normalized spacial score (nSPS) is 11.3. The van der Waals surface area contributed by atoms with Crippen molar-refractivity contribution in [1.82, 2.24) is 15.1 Å². The van der Waals surface area contributed by atoms with Crippen LogP contribution in [0.3, 0.4) is 0 Å². The Labute approximate surface area is 129 Å². The van der Waals surface area contributed by atoms with E-state index in [4.69, 9.17) is 0 Å². The summed E-state index contributed by atoms with van der Waals surface area (Å²) < 4.78 is 3.12. The highest BCUT2D eigenvalue weighted by atomic mass is 79.9. The van der Waals surface area contributed by atoms with E-state index in [9.17, 15) is 0 Å². The zero-order valence-corrected chi connectivity index (χ0v) is 14.2. The number of hydrogen-bond donors (Lipinski definition) is 1. The van der Waals surface area contributed by atoms with Crippen molar-refractivity contribution in [3.8, 4) is 5.69 Å². The van der Waals surface area contributed by atoms with Crippen LogP contribution in [0.1, 0.15) is 30.7 Å². The summed E-state index contributed by atoms with van der Waals surface area (Å²) >= 11 is 3.50. The molecule has 0 unspecified atom stereocenters. The molecule has 1 heterocycles. The fourth-order valence-electron chi connectivity index (χ4n) is 2.21. The van der Waals surface area contributed by atoms with Crippen molar-refractivity contribution in [3.05, 3.63) is 45.7 Å². The van der Waals surface area contributed by atoms with Gasteiger partial charge in [-0.1, -0.05) is 29.8 Å². The van der Waals surface area contributed by atoms with E-state index in [1.54, 1.807) is 0 Å². The van der Waals surface area contributed by atoms with Crippen molar-refractivity contribution in [1.29, 1.82) is 0 Å². The predicted molar refractivity (Wildman–Crippen MR) is 87.3 cm³/mol. The summed E-state index contributed by atoms with van der Waals surface area (Å²) in [5, 5.41) is 8.01. The molecule has 3 nitrogen and oxygen atoms in total. The van der Waals surface area contributed by atoms with Crippen LogP contribution in [0.25, 0.3) is 5.69 Å². The molecular weight excluding hydrogens is 314 g/mol. The van der Waals surface area contributed by atoms with Crippen LogP contribution >= 0.6 is 15.9 Å². The van der Waals surface area contributed by atoms with Gasteiger partial charge in [0.25, 0.3) is 0 Å². The van der Waals surface area contributed by atoms with Gasteiger partial charge in [0.2, 0.25) is 0 Å². The number of hydrogen-bond acceptors (Lipinski definition) is 2. The molecule has 4 heteroatoms. The zero-order valence-electron chi connectivity index (χ0n) is 12.6. The van der Waals surface area contributed by atoms with E-state index in [2.05, 4.69) is 72.2 Å². The lowest BCUT2D eigenvalue weighted by atomic mass is 10.2. The summed E-state index contributed by atoms with van der Waals surface area (Å²) in [5.74, 6) is 0.666. The number of rotatable bonds is 5. The van der Waals surface area contributed by atoms with Gasteiger partial charge in [0.05, 0.1) is 11.9 Å². The molecule has 1 N–H and O–H groups in total. The van der Waals surface area contributed by atoms with E-state index in [1.165, 1.54) is 16.8 Å². The molecule has 2 rings (SSSR count). The van der Waals surface area contributed by atoms with E-state index in [0.29, 0.717) is 5.92 Å². The van der Waals surface area contributed by atoms with Gasteiger partial charge < -0.3 is 5.32 Å². The Hall–Kier alpha value is -1.13. The van der Waals surface area contributed by atoms with Gasteiger partial charge in [-0.2, -0.15) is 5.10 Å². The first-order valence-electron chi connectivity index (χ1n) is 6.99. The second kappa shape index (κ2) is 6.55. The zero-order chi connectivity index (χ0) is 14.7. The third kappa shape index (κ3) is 3.49. The van der Waals surface area contributed by atoms with Crippen LogP contribution in [0.4, 0.5) is 0 Å². The van der Waals surface area contributed by atoms with Gasteiger partial charge in [-0.15, -0.1) is 0 Å². The van der Waals surface area contributed by atoms with Crippen molar-refractivity contribution in [2.24, 2.45) is 5.92 Å². The van der Waals surface area contributed by atoms with Gasteiger partial charge >= 0.3 is 0 Å². The van der Waals surface area contributed by atoms with Crippen LogP contribution in [0, 0.1) is 19.8 Å². The molecule has 0 bridgehead atoms. The summed E-state index contributed by atoms with van der Waals surface area (Å²) in [7, 11) is 0. The van der Waals surface area contributed by atoms with Crippen molar-refractivity contribution in [2.45, 2.75) is 34.2 Å². The molecule has 2 aromatic rings. The average Bonchev–Trinajstić information content (AvgIpc) is 2.71. The van der Waals surface area contributed by atoms with Crippen molar-refractivity contribution >= 4 is 15.9 Å². The van der Waals surface area contributed by atoms with Crippen LogP contribution in [0.5, 0.6) is 0 Å². The minimum absolute atomic E-state index is 0.666. The second-order valence-corrected chi connectivity index (χ2v) is 6.54. The minimum Gasteiger partial charge on any atom is -0.312 e. The SMILES string of the molecule is Cc1cc(Br)ccc1-n1ncc(CNCC(C)C)c1C. The van der Waals surface area contributed by atoms with Crippen LogP contribution in [0.15, 0.2) is 28.9 Å². The molecule has 1 aromatic heterocycles. The summed E-state index contributed by atoms with van der Waals surface area (Å²) in [4.78, 5) is 0. The Morgan fingerprint density at radius 2 is 2.05 bits per heavy atom. The first-order chi connectivity index (χ1) is 9.49. The molecule has 0 aliphatic carbocycles. The highest BCUT2D eigenvalue weighted by Crippen LogP contribution is 2.21. The molecule has 108 valence electrons. The maximum absolute atomic E-state index is 4.54. The average molecular weight is 336 g/mol. The lowest BCUT2D eigenvalue weighted by Gasteiger charge is -2.10. The lowest BCUT2D eigenvalue weighted by molar-refractivity contribution is 0.551. The number of benzene rings is 1. The number of aromatic nitrogens is 2. The molecule has 1 aromatic carbocycles. The molecule has 0 aliphatic rings. The first kappa shape index (κ1) is 15.3. The molecule has 20 heavy (non-hydrogen) atoms. The van der Waals surface area contributed by atoms with Gasteiger partial charge in [0, 0.05) is 22.3 Å². The fourth-order valence-corrected chi connectivity index (χ4v) is 2.69. The smallest absolute Gasteiger partial charge is 0.0678 e. The monoisotopic (exact) mass is 335 g/mol. The first-order valence-corrected chi connectivity index (χ1v) is 7.79. The molecule has 0 radical (unpaired) electrons. The summed E-state index contributed by atoms with van der Waals surface area (Å²) in [6.45, 7) is 10.6. The van der Waals surface area contributed by atoms with Crippen molar-refractivity contribution in [2.75, 3.05) is 6.54 Å². The number of aryl methyl sites for hydroxylation is 1. The van der Waals surface area contributed by atoms with Gasteiger partial charge in [-0.25, -0.2) is 4.68 Å². The maximum Gasteiger partial charge on any atom is 0.0678 e. The maximum atomic E-state index is 4.54. The Bertz CT molecular complexity index is 587. The molecule has 0 aliphatic heterocycles. The van der Waals surface area contributed by atoms with Crippen LogP contribution in [-0.4, -0.2) is 16.3 Å². The third-order valence-corrected chi connectivity index (χ3v) is 3.86. The topological polar surface area (TPSA) is 29.9 Å². The predicted octanol–water partition coefficient (Wildman–Crippen LogP) is 4.00. The standard InChI is InChI=1S/C16H22BrN3/c1-11(2)8-18-9-14-10-19-20(13(14)4)16-6-5-15(17)7-12(16)3/h5-7,10-11,18H,8-9H2,1-4H3. The summed E-state index contributed by atoms with van der Waals surface area (Å²) in [6.07, 6.45) is 1.96. The Kier molecular flexibility index (Phi) is 5.00. The Morgan fingerprint density at radius 3 is 2.70 bits per heavy atom. The van der Waals surface area contributed by atoms with Crippen LogP contribution < -0.4 is 5.32 Å². The quantitative estimate of drug-likeness (QED) is 0.894. The van der Waals surface area contributed by atoms with Crippen molar-refractivity contribution < 1.29 is 0 Å². The number of halogens is 1. The third-order valence-electron chi connectivity index (χ3n) is 3.37. The molecule has 0 saturated carbocycles. The highest BCUT2D eigenvalue weighted by Gasteiger charge is 2.10. The van der Waals surface area contributed by atoms with Gasteiger partial charge in [0.15, 0.2) is 0 Å². The highest BCUT2D eigenvalue weighted by molar-refractivity contribution is 9.10. The molecule has 0 fully saturated rings. The fraction of sp³-hybridized carbons (Fsp3) is 0.438.